The minimum Gasteiger partial charge on any atom is -0.494 e. The predicted molar refractivity (Wildman–Crippen MR) is 118 cm³/mol. The van der Waals surface area contributed by atoms with Crippen LogP contribution in [0, 0.1) is 0 Å². The van der Waals surface area contributed by atoms with E-state index in [9.17, 15) is 9.59 Å². The number of amides is 1. The summed E-state index contributed by atoms with van der Waals surface area (Å²) in [6.45, 7) is 4.42. The van der Waals surface area contributed by atoms with E-state index < -0.39 is 5.97 Å². The summed E-state index contributed by atoms with van der Waals surface area (Å²) in [5.74, 6) is 0.776. The van der Waals surface area contributed by atoms with E-state index >= 15 is 0 Å². The van der Waals surface area contributed by atoms with Crippen LogP contribution in [0.3, 0.4) is 0 Å². The predicted octanol–water partition coefficient (Wildman–Crippen LogP) is 4.94. The Morgan fingerprint density at radius 1 is 1.06 bits per heavy atom. The maximum absolute atomic E-state index is 12.2. The van der Waals surface area contributed by atoms with E-state index in [0.717, 1.165) is 0 Å². The van der Waals surface area contributed by atoms with Gasteiger partial charge in [0.15, 0.2) is 0 Å². The Kier molecular flexibility index (Phi) is 7.45. The molecule has 1 N–H and O–H groups in total. The van der Waals surface area contributed by atoms with Crippen molar-refractivity contribution in [2.75, 3.05) is 13.2 Å². The summed E-state index contributed by atoms with van der Waals surface area (Å²) in [6, 6.07) is 15.1. The Balaban J connectivity index is 1.66. The normalized spacial score (nSPS) is 10.8. The van der Waals surface area contributed by atoms with Crippen LogP contribution in [-0.2, 0) is 4.74 Å². The van der Waals surface area contributed by atoms with Crippen LogP contribution in [0.5, 0.6) is 5.75 Å². The number of hydrogen-bond acceptors (Lipinski definition) is 6. The molecule has 2 aromatic carbocycles. The zero-order valence-electron chi connectivity index (χ0n) is 17.1. The molecule has 0 fully saturated rings. The largest absolute Gasteiger partial charge is 0.494 e. The fourth-order valence-electron chi connectivity index (χ4n) is 2.71. The maximum Gasteiger partial charge on any atom is 0.339 e. The molecule has 0 aliphatic rings. The van der Waals surface area contributed by atoms with Gasteiger partial charge in [-0.3, -0.25) is 4.79 Å². The number of rotatable bonds is 8. The highest BCUT2D eigenvalue weighted by molar-refractivity contribution is 6.33. The van der Waals surface area contributed by atoms with E-state index in [1.807, 2.05) is 6.92 Å². The Morgan fingerprint density at radius 2 is 1.84 bits per heavy atom. The number of furan rings is 1. The summed E-state index contributed by atoms with van der Waals surface area (Å²) in [5.41, 5.74) is 3.81. The number of carbonyl (C=O) groups is 2. The minimum atomic E-state index is -0.500. The third kappa shape index (κ3) is 5.73. The number of hydrogen-bond donors (Lipinski definition) is 1. The number of hydrazone groups is 1. The van der Waals surface area contributed by atoms with Crippen molar-refractivity contribution in [2.45, 2.75) is 13.8 Å². The lowest BCUT2D eigenvalue weighted by Crippen LogP contribution is -2.17. The number of nitrogens with zero attached hydrogens (tertiary/aromatic N) is 1. The average molecular weight is 441 g/mol. The standard InChI is InChI=1S/C23H21ClN2O5/c1-3-29-17-8-5-15(6-9-17)22(27)26-25-14-18-10-12-21(31-18)16-7-11-20(24)19(13-16)23(28)30-4-2/h5-14H,3-4H2,1-2H3,(H,26,27)/b25-14+. The number of carbonyl (C=O) groups excluding carboxylic acids is 2. The molecular formula is C23H21ClN2O5. The molecule has 1 aromatic heterocycles. The monoisotopic (exact) mass is 440 g/mol. The highest BCUT2D eigenvalue weighted by atomic mass is 35.5. The number of nitrogens with one attached hydrogen (secondary N) is 1. The summed E-state index contributed by atoms with van der Waals surface area (Å²) in [4.78, 5) is 24.2. The van der Waals surface area contributed by atoms with Crippen molar-refractivity contribution in [3.8, 4) is 17.1 Å². The highest BCUT2D eigenvalue weighted by Crippen LogP contribution is 2.27. The molecule has 1 heterocycles. The van der Waals surface area contributed by atoms with Gasteiger partial charge in [0.25, 0.3) is 5.91 Å². The molecule has 0 unspecified atom stereocenters. The summed E-state index contributed by atoms with van der Waals surface area (Å²) in [7, 11) is 0. The zero-order chi connectivity index (χ0) is 22.2. The van der Waals surface area contributed by atoms with Gasteiger partial charge >= 0.3 is 5.97 Å². The summed E-state index contributed by atoms with van der Waals surface area (Å²) in [6.07, 6.45) is 1.39. The molecule has 0 aliphatic heterocycles. The van der Waals surface area contributed by atoms with Gasteiger partial charge in [-0.2, -0.15) is 5.10 Å². The molecule has 0 radical (unpaired) electrons. The Bertz CT molecular complexity index is 1090. The number of benzene rings is 2. The second-order valence-electron chi connectivity index (χ2n) is 6.27. The van der Waals surface area contributed by atoms with Crippen LogP contribution < -0.4 is 10.2 Å². The number of ether oxygens (including phenoxy) is 2. The topological polar surface area (TPSA) is 90.1 Å². The Morgan fingerprint density at radius 3 is 2.55 bits per heavy atom. The van der Waals surface area contributed by atoms with Gasteiger partial charge in [-0.25, -0.2) is 10.2 Å². The van der Waals surface area contributed by atoms with E-state index in [0.29, 0.717) is 40.0 Å². The number of esters is 1. The van der Waals surface area contributed by atoms with Crippen LogP contribution in [-0.4, -0.2) is 31.3 Å². The molecule has 0 atom stereocenters. The lowest BCUT2D eigenvalue weighted by Gasteiger charge is -2.05. The molecule has 0 bridgehead atoms. The van der Waals surface area contributed by atoms with Crippen LogP contribution in [0.25, 0.3) is 11.3 Å². The van der Waals surface area contributed by atoms with E-state index in [-0.39, 0.29) is 18.1 Å². The molecule has 3 rings (SSSR count). The first kappa shape index (κ1) is 22.1. The summed E-state index contributed by atoms with van der Waals surface area (Å²) < 4.78 is 16.1. The van der Waals surface area contributed by atoms with Crippen molar-refractivity contribution in [1.29, 1.82) is 0 Å². The highest BCUT2D eigenvalue weighted by Gasteiger charge is 2.14. The van der Waals surface area contributed by atoms with Crippen LogP contribution in [0.1, 0.15) is 40.3 Å². The maximum atomic E-state index is 12.2. The van der Waals surface area contributed by atoms with Gasteiger partial charge in [0, 0.05) is 11.1 Å². The quantitative estimate of drug-likeness (QED) is 0.304. The fraction of sp³-hybridized carbons (Fsp3) is 0.174. The third-order valence-corrected chi connectivity index (χ3v) is 4.49. The minimum absolute atomic E-state index is 0.253. The summed E-state index contributed by atoms with van der Waals surface area (Å²) in [5, 5.41) is 4.22. The molecule has 7 nitrogen and oxygen atoms in total. The molecular weight excluding hydrogens is 420 g/mol. The van der Waals surface area contributed by atoms with Gasteiger partial charge in [0.05, 0.1) is 30.0 Å². The lowest BCUT2D eigenvalue weighted by molar-refractivity contribution is 0.0526. The molecule has 31 heavy (non-hydrogen) atoms. The van der Waals surface area contributed by atoms with Crippen LogP contribution >= 0.6 is 11.6 Å². The molecule has 3 aromatic rings. The summed E-state index contributed by atoms with van der Waals surface area (Å²) >= 11 is 6.09. The average Bonchev–Trinajstić information content (AvgIpc) is 3.24. The second-order valence-corrected chi connectivity index (χ2v) is 6.68. The van der Waals surface area contributed by atoms with Gasteiger partial charge in [0.2, 0.25) is 0 Å². The number of halogens is 1. The van der Waals surface area contributed by atoms with Gasteiger partial charge in [-0.15, -0.1) is 0 Å². The van der Waals surface area contributed by atoms with E-state index in [4.69, 9.17) is 25.5 Å². The SMILES string of the molecule is CCOC(=O)c1cc(-c2ccc(/C=N/NC(=O)c3ccc(OCC)cc3)o2)ccc1Cl. The molecule has 0 aliphatic carbocycles. The fourth-order valence-corrected chi connectivity index (χ4v) is 2.90. The Hall–Kier alpha value is -3.58. The van der Waals surface area contributed by atoms with Gasteiger partial charge in [-0.1, -0.05) is 11.6 Å². The molecule has 0 saturated carbocycles. The Labute approximate surface area is 184 Å². The second kappa shape index (κ2) is 10.4. The van der Waals surface area contributed by atoms with Crippen molar-refractivity contribution in [1.82, 2.24) is 5.43 Å². The molecule has 1 amide bonds. The first-order valence-electron chi connectivity index (χ1n) is 9.65. The van der Waals surface area contributed by atoms with Gasteiger partial charge < -0.3 is 13.9 Å². The van der Waals surface area contributed by atoms with E-state index in [2.05, 4.69) is 10.5 Å². The lowest BCUT2D eigenvalue weighted by atomic mass is 10.1. The van der Waals surface area contributed by atoms with Crippen molar-refractivity contribution in [3.05, 3.63) is 76.5 Å². The van der Waals surface area contributed by atoms with Crippen molar-refractivity contribution >= 4 is 29.7 Å². The van der Waals surface area contributed by atoms with Gasteiger partial charge in [-0.05, 0) is 68.4 Å². The molecule has 160 valence electrons. The first-order valence-corrected chi connectivity index (χ1v) is 10.0. The molecule has 8 heteroatoms. The van der Waals surface area contributed by atoms with Crippen LogP contribution in [0.4, 0.5) is 0 Å². The van der Waals surface area contributed by atoms with Crippen molar-refractivity contribution in [2.24, 2.45) is 5.10 Å². The van der Waals surface area contributed by atoms with Crippen molar-refractivity contribution in [3.63, 3.8) is 0 Å². The molecule has 0 spiro atoms. The van der Waals surface area contributed by atoms with Gasteiger partial charge in [0.1, 0.15) is 17.3 Å². The first-order chi connectivity index (χ1) is 15.0. The zero-order valence-corrected chi connectivity index (χ0v) is 17.8. The van der Waals surface area contributed by atoms with E-state index in [1.165, 1.54) is 6.21 Å². The van der Waals surface area contributed by atoms with Crippen LogP contribution in [0.15, 0.2) is 64.1 Å². The van der Waals surface area contributed by atoms with Crippen LogP contribution in [0.2, 0.25) is 5.02 Å². The smallest absolute Gasteiger partial charge is 0.339 e. The van der Waals surface area contributed by atoms with Crippen molar-refractivity contribution < 1.29 is 23.5 Å². The third-order valence-electron chi connectivity index (χ3n) is 4.16. The molecule has 0 saturated heterocycles. The van der Waals surface area contributed by atoms with E-state index in [1.54, 1.807) is 61.5 Å².